The molecule has 2 unspecified atom stereocenters. The van der Waals surface area contributed by atoms with Crippen LogP contribution in [-0.4, -0.2) is 30.6 Å². The molecule has 0 aromatic heterocycles. The van der Waals surface area contributed by atoms with Gasteiger partial charge in [-0.1, -0.05) is 32.6 Å². The van der Waals surface area contributed by atoms with Crippen molar-refractivity contribution in [2.24, 2.45) is 11.7 Å². The number of unbranched alkanes of at least 4 members (excludes halogenated alkanes) is 3. The van der Waals surface area contributed by atoms with Crippen LogP contribution in [-0.2, 0) is 0 Å². The second kappa shape index (κ2) is 8.08. The molecule has 0 radical (unpaired) electrons. The SMILES string of the molecule is CCCCCCC(C)N1CCCC(CN)C1. The van der Waals surface area contributed by atoms with Gasteiger partial charge in [-0.25, -0.2) is 0 Å². The maximum absolute atomic E-state index is 5.78. The van der Waals surface area contributed by atoms with E-state index in [1.807, 2.05) is 0 Å². The van der Waals surface area contributed by atoms with E-state index in [9.17, 15) is 0 Å². The van der Waals surface area contributed by atoms with Crippen LogP contribution in [0.2, 0.25) is 0 Å². The summed E-state index contributed by atoms with van der Waals surface area (Å²) in [5.41, 5.74) is 5.78. The van der Waals surface area contributed by atoms with Crippen LogP contribution in [0, 0.1) is 5.92 Å². The van der Waals surface area contributed by atoms with Crippen LogP contribution in [0.25, 0.3) is 0 Å². The van der Waals surface area contributed by atoms with Crippen LogP contribution in [0.1, 0.15) is 58.8 Å². The van der Waals surface area contributed by atoms with E-state index in [2.05, 4.69) is 18.7 Å². The first kappa shape index (κ1) is 14.0. The zero-order chi connectivity index (χ0) is 11.8. The van der Waals surface area contributed by atoms with Crippen molar-refractivity contribution in [3.05, 3.63) is 0 Å². The van der Waals surface area contributed by atoms with E-state index < -0.39 is 0 Å². The molecule has 0 aromatic carbocycles. The van der Waals surface area contributed by atoms with Crippen LogP contribution in [0.5, 0.6) is 0 Å². The normalized spacial score (nSPS) is 24.6. The summed E-state index contributed by atoms with van der Waals surface area (Å²) in [5, 5.41) is 0. The molecule has 1 saturated heterocycles. The molecule has 1 aliphatic heterocycles. The number of nitrogens with zero attached hydrogens (tertiary/aromatic N) is 1. The zero-order valence-electron chi connectivity index (χ0n) is 11.3. The Morgan fingerprint density at radius 1 is 1.31 bits per heavy atom. The van der Waals surface area contributed by atoms with E-state index in [0.29, 0.717) is 0 Å². The van der Waals surface area contributed by atoms with E-state index >= 15 is 0 Å². The van der Waals surface area contributed by atoms with Crippen molar-refractivity contribution in [3.63, 3.8) is 0 Å². The average molecular weight is 226 g/mol. The molecule has 0 aliphatic carbocycles. The van der Waals surface area contributed by atoms with Gasteiger partial charge in [0.25, 0.3) is 0 Å². The Morgan fingerprint density at radius 3 is 2.81 bits per heavy atom. The summed E-state index contributed by atoms with van der Waals surface area (Å²) in [7, 11) is 0. The molecule has 2 atom stereocenters. The average Bonchev–Trinajstić information content (AvgIpc) is 2.34. The number of nitrogens with two attached hydrogens (primary N) is 1. The standard InChI is InChI=1S/C14H30N2/c1-3-4-5-6-8-13(2)16-10-7-9-14(11-15)12-16/h13-14H,3-12,15H2,1-2H3. The second-order valence-corrected chi connectivity index (χ2v) is 5.44. The van der Waals surface area contributed by atoms with Gasteiger partial charge in [-0.3, -0.25) is 0 Å². The van der Waals surface area contributed by atoms with Crippen molar-refractivity contribution in [1.82, 2.24) is 4.90 Å². The molecule has 0 aromatic rings. The minimum Gasteiger partial charge on any atom is -0.330 e. The third kappa shape index (κ3) is 4.84. The van der Waals surface area contributed by atoms with Gasteiger partial charge in [-0.05, 0) is 45.2 Å². The number of hydrogen-bond donors (Lipinski definition) is 1. The Morgan fingerprint density at radius 2 is 2.12 bits per heavy atom. The Bertz CT molecular complexity index is 170. The van der Waals surface area contributed by atoms with E-state index in [-0.39, 0.29) is 0 Å². The Hall–Kier alpha value is -0.0800. The first-order valence-electron chi connectivity index (χ1n) is 7.22. The molecule has 2 nitrogen and oxygen atoms in total. The topological polar surface area (TPSA) is 29.3 Å². The van der Waals surface area contributed by atoms with Gasteiger partial charge in [0.2, 0.25) is 0 Å². The summed E-state index contributed by atoms with van der Waals surface area (Å²) in [6, 6.07) is 0.770. The van der Waals surface area contributed by atoms with Crippen LogP contribution in [0.3, 0.4) is 0 Å². The molecule has 1 heterocycles. The van der Waals surface area contributed by atoms with Gasteiger partial charge in [0, 0.05) is 12.6 Å². The number of hydrogen-bond acceptors (Lipinski definition) is 2. The molecule has 2 heteroatoms. The van der Waals surface area contributed by atoms with Gasteiger partial charge in [-0.2, -0.15) is 0 Å². The van der Waals surface area contributed by atoms with E-state index in [1.165, 1.54) is 58.0 Å². The fourth-order valence-electron chi connectivity index (χ4n) is 2.74. The molecular weight excluding hydrogens is 196 g/mol. The fourth-order valence-corrected chi connectivity index (χ4v) is 2.74. The van der Waals surface area contributed by atoms with E-state index in [4.69, 9.17) is 5.73 Å². The highest BCUT2D eigenvalue weighted by Gasteiger charge is 2.21. The van der Waals surface area contributed by atoms with Crippen molar-refractivity contribution < 1.29 is 0 Å². The highest BCUT2D eigenvalue weighted by molar-refractivity contribution is 4.77. The smallest absolute Gasteiger partial charge is 0.00670 e. The lowest BCUT2D eigenvalue weighted by molar-refractivity contribution is 0.127. The molecule has 16 heavy (non-hydrogen) atoms. The first-order valence-corrected chi connectivity index (χ1v) is 7.22. The Kier molecular flexibility index (Phi) is 7.06. The molecule has 2 N–H and O–H groups in total. The van der Waals surface area contributed by atoms with Gasteiger partial charge in [0.05, 0.1) is 0 Å². The monoisotopic (exact) mass is 226 g/mol. The molecule has 0 spiro atoms. The summed E-state index contributed by atoms with van der Waals surface area (Å²) in [6.45, 7) is 8.08. The van der Waals surface area contributed by atoms with Crippen molar-refractivity contribution in [2.45, 2.75) is 64.8 Å². The third-order valence-electron chi connectivity index (χ3n) is 3.98. The minimum absolute atomic E-state index is 0.756. The summed E-state index contributed by atoms with van der Waals surface area (Å²) >= 11 is 0. The van der Waals surface area contributed by atoms with Crippen molar-refractivity contribution in [1.29, 1.82) is 0 Å². The maximum Gasteiger partial charge on any atom is 0.00670 e. The largest absolute Gasteiger partial charge is 0.330 e. The lowest BCUT2D eigenvalue weighted by Crippen LogP contribution is -2.43. The highest BCUT2D eigenvalue weighted by atomic mass is 15.2. The van der Waals surface area contributed by atoms with Gasteiger partial charge in [0.15, 0.2) is 0 Å². The highest BCUT2D eigenvalue weighted by Crippen LogP contribution is 2.20. The first-order chi connectivity index (χ1) is 7.77. The summed E-state index contributed by atoms with van der Waals surface area (Å²) in [6.07, 6.45) is 9.62. The minimum atomic E-state index is 0.756. The number of piperidine rings is 1. The van der Waals surface area contributed by atoms with Crippen LogP contribution in [0.15, 0.2) is 0 Å². The van der Waals surface area contributed by atoms with Crippen LogP contribution >= 0.6 is 0 Å². The molecule has 96 valence electrons. The van der Waals surface area contributed by atoms with Crippen LogP contribution < -0.4 is 5.73 Å². The summed E-state index contributed by atoms with van der Waals surface area (Å²) in [4.78, 5) is 2.66. The second-order valence-electron chi connectivity index (χ2n) is 5.44. The van der Waals surface area contributed by atoms with E-state index in [0.717, 1.165) is 18.5 Å². The maximum atomic E-state index is 5.78. The summed E-state index contributed by atoms with van der Waals surface area (Å²) < 4.78 is 0. The lowest BCUT2D eigenvalue weighted by atomic mass is 9.96. The van der Waals surface area contributed by atoms with Gasteiger partial charge >= 0.3 is 0 Å². The Labute approximate surface area is 102 Å². The van der Waals surface area contributed by atoms with Crippen molar-refractivity contribution >= 4 is 0 Å². The summed E-state index contributed by atoms with van der Waals surface area (Å²) in [5.74, 6) is 0.756. The molecule has 0 saturated carbocycles. The van der Waals surface area contributed by atoms with Crippen molar-refractivity contribution in [3.8, 4) is 0 Å². The molecular formula is C14H30N2. The Balaban J connectivity index is 2.16. The number of likely N-dealkylation sites (tertiary alicyclic amines) is 1. The quantitative estimate of drug-likeness (QED) is 0.676. The van der Waals surface area contributed by atoms with Gasteiger partial charge in [0.1, 0.15) is 0 Å². The molecule has 0 amide bonds. The lowest BCUT2D eigenvalue weighted by Gasteiger charge is -2.36. The predicted molar refractivity (Wildman–Crippen MR) is 71.6 cm³/mol. The molecule has 1 aliphatic rings. The predicted octanol–water partition coefficient (Wildman–Crippen LogP) is 3.02. The third-order valence-corrected chi connectivity index (χ3v) is 3.98. The van der Waals surface area contributed by atoms with Crippen molar-refractivity contribution in [2.75, 3.05) is 19.6 Å². The number of rotatable bonds is 7. The molecule has 0 bridgehead atoms. The zero-order valence-corrected chi connectivity index (χ0v) is 11.3. The van der Waals surface area contributed by atoms with E-state index in [1.54, 1.807) is 0 Å². The molecule has 1 rings (SSSR count). The van der Waals surface area contributed by atoms with Gasteiger partial charge < -0.3 is 10.6 Å². The molecule has 1 fully saturated rings. The van der Waals surface area contributed by atoms with Crippen LogP contribution in [0.4, 0.5) is 0 Å². The fraction of sp³-hybridized carbons (Fsp3) is 1.00. The van der Waals surface area contributed by atoms with Gasteiger partial charge in [-0.15, -0.1) is 0 Å².